The second kappa shape index (κ2) is 11.5. The Kier molecular flexibility index (Phi) is 8.16. The molecule has 0 saturated heterocycles. The Hall–Kier alpha value is -3.81. The summed E-state index contributed by atoms with van der Waals surface area (Å²) in [4.78, 5) is 21.3. The number of nitrogens with one attached hydrogen (secondary N) is 2. The smallest absolute Gasteiger partial charge is 0.407 e. The first-order chi connectivity index (χ1) is 17.8. The van der Waals surface area contributed by atoms with E-state index in [1.807, 2.05) is 52.1 Å². The lowest BCUT2D eigenvalue weighted by atomic mass is 10.1. The molecule has 196 valence electrons. The number of methoxy groups -OCH3 is 1. The van der Waals surface area contributed by atoms with Crippen LogP contribution in [-0.4, -0.2) is 46.3 Å². The van der Waals surface area contributed by atoms with E-state index >= 15 is 0 Å². The van der Waals surface area contributed by atoms with Crippen molar-refractivity contribution in [2.75, 3.05) is 25.5 Å². The van der Waals surface area contributed by atoms with Gasteiger partial charge in [0, 0.05) is 18.7 Å². The lowest BCUT2D eigenvalue weighted by Gasteiger charge is -2.19. The highest BCUT2D eigenvalue weighted by atomic mass is 16.6. The number of hydrogen-bond donors (Lipinski definition) is 2. The van der Waals surface area contributed by atoms with Gasteiger partial charge >= 0.3 is 6.09 Å². The quantitative estimate of drug-likeness (QED) is 0.245. The largest absolute Gasteiger partial charge is 0.496 e. The summed E-state index contributed by atoms with van der Waals surface area (Å²) < 4.78 is 13.0. The molecule has 2 aromatic carbocycles. The molecule has 0 saturated carbocycles. The molecule has 0 radical (unpaired) electrons. The first-order valence-corrected chi connectivity index (χ1v) is 12.9. The van der Waals surface area contributed by atoms with Gasteiger partial charge in [-0.25, -0.2) is 14.8 Å². The average molecular weight is 504 g/mol. The minimum absolute atomic E-state index is 0.358. The number of carbonyl (C=O) groups excluding carboxylic acids is 1. The van der Waals surface area contributed by atoms with Gasteiger partial charge in [-0.05, 0) is 64.3 Å². The molecule has 2 heterocycles. The van der Waals surface area contributed by atoms with Crippen LogP contribution in [-0.2, 0) is 4.74 Å². The molecule has 0 fully saturated rings. The lowest BCUT2D eigenvalue weighted by molar-refractivity contribution is 0.0527. The van der Waals surface area contributed by atoms with E-state index < -0.39 is 5.60 Å². The molecule has 0 aliphatic rings. The number of fused-ring (bicyclic) bond motifs is 3. The summed E-state index contributed by atoms with van der Waals surface area (Å²) in [5, 5.41) is 6.32. The molecule has 8 nitrogen and oxygen atoms in total. The number of para-hydroxylation sites is 2. The monoisotopic (exact) mass is 503 g/mol. The number of amides is 1. The summed E-state index contributed by atoms with van der Waals surface area (Å²) in [6.45, 7) is 9.04. The normalized spacial score (nSPS) is 11.6. The van der Waals surface area contributed by atoms with Crippen LogP contribution in [0.15, 0.2) is 48.7 Å². The second-order valence-corrected chi connectivity index (χ2v) is 10.2. The minimum atomic E-state index is -0.472. The van der Waals surface area contributed by atoms with Crippen LogP contribution >= 0.6 is 0 Å². The van der Waals surface area contributed by atoms with Gasteiger partial charge in [-0.3, -0.25) is 4.40 Å². The summed E-state index contributed by atoms with van der Waals surface area (Å²) >= 11 is 0. The summed E-state index contributed by atoms with van der Waals surface area (Å²) in [5.74, 6) is 1.63. The molecule has 0 aliphatic carbocycles. The van der Waals surface area contributed by atoms with E-state index in [0.717, 1.165) is 77.3 Å². The van der Waals surface area contributed by atoms with E-state index in [0.29, 0.717) is 6.54 Å². The highest BCUT2D eigenvalue weighted by Crippen LogP contribution is 2.31. The fourth-order valence-electron chi connectivity index (χ4n) is 4.30. The van der Waals surface area contributed by atoms with E-state index in [4.69, 9.17) is 19.4 Å². The zero-order valence-corrected chi connectivity index (χ0v) is 22.4. The number of nitrogens with zero attached hydrogens (tertiary/aromatic N) is 3. The molecule has 2 aromatic heterocycles. The predicted octanol–water partition coefficient (Wildman–Crippen LogP) is 6.36. The van der Waals surface area contributed by atoms with Gasteiger partial charge in [-0.2, -0.15) is 0 Å². The Morgan fingerprint density at radius 2 is 1.78 bits per heavy atom. The van der Waals surface area contributed by atoms with Crippen molar-refractivity contribution in [1.82, 2.24) is 19.7 Å². The Morgan fingerprint density at radius 1 is 1.03 bits per heavy atom. The van der Waals surface area contributed by atoms with Gasteiger partial charge in [0.25, 0.3) is 0 Å². The molecular formula is C29H37N5O3. The molecule has 1 amide bonds. The molecule has 4 aromatic rings. The van der Waals surface area contributed by atoms with Crippen LogP contribution in [0.25, 0.3) is 27.9 Å². The zero-order valence-electron chi connectivity index (χ0n) is 22.4. The van der Waals surface area contributed by atoms with Gasteiger partial charge in [-0.1, -0.05) is 37.1 Å². The van der Waals surface area contributed by atoms with Gasteiger partial charge in [0.1, 0.15) is 11.4 Å². The van der Waals surface area contributed by atoms with Crippen LogP contribution in [0, 0.1) is 6.92 Å². The van der Waals surface area contributed by atoms with Gasteiger partial charge in [-0.15, -0.1) is 0 Å². The fourth-order valence-corrected chi connectivity index (χ4v) is 4.30. The number of carbonyl (C=O) groups is 1. The average Bonchev–Trinajstić information content (AvgIpc) is 3.30. The number of unbranched alkanes of at least 4 members (excludes halogenated alkanes) is 3. The Labute approximate surface area is 218 Å². The van der Waals surface area contributed by atoms with Crippen LogP contribution in [0.4, 0.5) is 10.6 Å². The molecule has 0 aliphatic heterocycles. The molecule has 37 heavy (non-hydrogen) atoms. The van der Waals surface area contributed by atoms with Crippen molar-refractivity contribution in [1.29, 1.82) is 0 Å². The highest BCUT2D eigenvalue weighted by molar-refractivity contribution is 5.86. The number of aromatic nitrogens is 3. The predicted molar refractivity (Wildman–Crippen MR) is 148 cm³/mol. The Morgan fingerprint density at radius 3 is 2.54 bits per heavy atom. The standard InChI is InChI=1S/C29H37N5O3/c1-20-14-15-21(18-25(20)36-5)24-19-32-27-26(33-22-12-8-9-13-23(22)34(24)27)30-16-10-6-7-11-17-31-28(35)37-29(2,3)4/h8-9,12-15,18-19H,6-7,10-11,16-17H2,1-5H3,(H,30,33)(H,31,35). The minimum Gasteiger partial charge on any atom is -0.496 e. The topological polar surface area (TPSA) is 89.8 Å². The molecule has 0 unspecified atom stereocenters. The maximum absolute atomic E-state index is 11.7. The summed E-state index contributed by atoms with van der Waals surface area (Å²) in [5.41, 5.74) is 5.37. The summed E-state index contributed by atoms with van der Waals surface area (Å²) in [6.07, 6.45) is 5.54. The fraction of sp³-hybridized carbons (Fsp3) is 0.414. The number of hydrogen-bond acceptors (Lipinski definition) is 6. The van der Waals surface area contributed by atoms with Gasteiger partial charge in [0.15, 0.2) is 11.5 Å². The van der Waals surface area contributed by atoms with E-state index in [2.05, 4.69) is 39.3 Å². The molecule has 0 atom stereocenters. The third-order valence-corrected chi connectivity index (χ3v) is 6.10. The summed E-state index contributed by atoms with van der Waals surface area (Å²) in [7, 11) is 1.69. The van der Waals surface area contributed by atoms with Crippen LogP contribution in [0.5, 0.6) is 5.75 Å². The molecule has 0 bridgehead atoms. The van der Waals surface area contributed by atoms with Crippen molar-refractivity contribution < 1.29 is 14.3 Å². The third kappa shape index (κ3) is 6.50. The first-order valence-electron chi connectivity index (χ1n) is 12.9. The molecular weight excluding hydrogens is 466 g/mol. The van der Waals surface area contributed by atoms with Gasteiger partial charge < -0.3 is 20.1 Å². The Bertz CT molecular complexity index is 1370. The van der Waals surface area contributed by atoms with Crippen molar-refractivity contribution in [2.24, 2.45) is 0 Å². The van der Waals surface area contributed by atoms with Gasteiger partial charge in [0.05, 0.1) is 30.0 Å². The molecule has 8 heteroatoms. The molecule has 0 spiro atoms. The number of ether oxygens (including phenoxy) is 2. The van der Waals surface area contributed by atoms with Gasteiger partial charge in [0.2, 0.25) is 0 Å². The van der Waals surface area contributed by atoms with E-state index in [1.54, 1.807) is 7.11 Å². The Balaban J connectivity index is 1.41. The van der Waals surface area contributed by atoms with E-state index in [9.17, 15) is 4.79 Å². The lowest BCUT2D eigenvalue weighted by Crippen LogP contribution is -2.32. The number of alkyl carbamates (subject to hydrolysis) is 1. The summed E-state index contributed by atoms with van der Waals surface area (Å²) in [6, 6.07) is 14.3. The maximum Gasteiger partial charge on any atom is 0.407 e. The molecule has 4 rings (SSSR count). The number of aryl methyl sites for hydroxylation is 1. The number of rotatable bonds is 10. The third-order valence-electron chi connectivity index (χ3n) is 6.10. The SMILES string of the molecule is COc1cc(-c2cnc3c(NCCCCCCNC(=O)OC(C)(C)C)nc4ccccc4n23)ccc1C. The van der Waals surface area contributed by atoms with Crippen LogP contribution in [0.1, 0.15) is 52.0 Å². The number of imidazole rings is 1. The van der Waals surface area contributed by atoms with Crippen molar-refractivity contribution in [2.45, 2.75) is 59.0 Å². The zero-order chi connectivity index (χ0) is 26.4. The number of benzene rings is 2. The van der Waals surface area contributed by atoms with Crippen LogP contribution in [0.2, 0.25) is 0 Å². The number of anilines is 1. The van der Waals surface area contributed by atoms with Crippen LogP contribution in [0.3, 0.4) is 0 Å². The molecule has 2 N–H and O–H groups in total. The van der Waals surface area contributed by atoms with E-state index in [1.165, 1.54) is 0 Å². The second-order valence-electron chi connectivity index (χ2n) is 10.2. The van der Waals surface area contributed by atoms with Crippen molar-refractivity contribution in [3.8, 4) is 17.0 Å². The van der Waals surface area contributed by atoms with Crippen molar-refractivity contribution >= 4 is 28.6 Å². The highest BCUT2D eigenvalue weighted by Gasteiger charge is 2.16. The first kappa shape index (κ1) is 26.3. The van der Waals surface area contributed by atoms with Crippen molar-refractivity contribution in [3.63, 3.8) is 0 Å². The maximum atomic E-state index is 11.7. The van der Waals surface area contributed by atoms with Crippen molar-refractivity contribution in [3.05, 3.63) is 54.2 Å². The van der Waals surface area contributed by atoms with E-state index in [-0.39, 0.29) is 6.09 Å². The van der Waals surface area contributed by atoms with Crippen LogP contribution < -0.4 is 15.4 Å².